The summed E-state index contributed by atoms with van der Waals surface area (Å²) in [7, 11) is 1.62. The molecule has 1 aliphatic rings. The number of rotatable bonds is 4. The highest BCUT2D eigenvalue weighted by Crippen LogP contribution is 2.38. The highest BCUT2D eigenvalue weighted by atomic mass is 35.5. The van der Waals surface area contributed by atoms with Crippen molar-refractivity contribution in [3.63, 3.8) is 0 Å². The molecule has 0 saturated heterocycles. The third kappa shape index (κ3) is 4.09. The lowest BCUT2D eigenvalue weighted by atomic mass is 9.84. The summed E-state index contributed by atoms with van der Waals surface area (Å²) in [6, 6.07) is 10.3. The molecule has 0 radical (unpaired) electrons. The molecular weight excluding hydrogens is 448 g/mol. The zero-order valence-electron chi connectivity index (χ0n) is 20.2. The Bertz CT molecular complexity index is 1350. The molecule has 0 amide bonds. The number of imidazole rings is 1. The maximum Gasteiger partial charge on any atom is 0.238 e. The van der Waals surface area contributed by atoms with Crippen LogP contribution in [0.15, 0.2) is 42.9 Å². The Morgan fingerprint density at radius 3 is 2.62 bits per heavy atom. The fourth-order valence-corrected chi connectivity index (χ4v) is 4.80. The number of aromatic nitrogens is 6. The molecule has 1 aliphatic heterocycles. The van der Waals surface area contributed by atoms with Crippen LogP contribution in [0.1, 0.15) is 62.2 Å². The molecule has 0 spiro atoms. The van der Waals surface area contributed by atoms with Gasteiger partial charge in [0.15, 0.2) is 5.82 Å². The van der Waals surface area contributed by atoms with Gasteiger partial charge in [-0.15, -0.1) is 5.10 Å². The maximum absolute atomic E-state index is 6.78. The van der Waals surface area contributed by atoms with Crippen molar-refractivity contribution in [3.05, 3.63) is 70.5 Å². The molecule has 0 unspecified atom stereocenters. The predicted molar refractivity (Wildman–Crippen MR) is 133 cm³/mol. The SMILES string of the molecule is COc1nc(-c2nc3n(n2)CCC[C@H]3c2ccc(C(C)(C)C)cc2Cl)ccc1-n1cnc(C)c1. The highest BCUT2D eigenvalue weighted by molar-refractivity contribution is 6.31. The largest absolute Gasteiger partial charge is 0.479 e. The van der Waals surface area contributed by atoms with E-state index < -0.39 is 0 Å². The van der Waals surface area contributed by atoms with E-state index in [9.17, 15) is 0 Å². The van der Waals surface area contributed by atoms with Crippen LogP contribution in [0.4, 0.5) is 0 Å². The molecule has 34 heavy (non-hydrogen) atoms. The van der Waals surface area contributed by atoms with Gasteiger partial charge in [0.1, 0.15) is 17.2 Å². The lowest BCUT2D eigenvalue weighted by Gasteiger charge is -2.25. The maximum atomic E-state index is 6.78. The van der Waals surface area contributed by atoms with E-state index in [1.807, 2.05) is 34.5 Å². The second-order valence-electron chi connectivity index (χ2n) is 9.85. The van der Waals surface area contributed by atoms with Gasteiger partial charge in [-0.05, 0) is 54.5 Å². The summed E-state index contributed by atoms with van der Waals surface area (Å²) in [6.07, 6.45) is 5.70. The molecule has 0 aliphatic carbocycles. The fourth-order valence-electron chi connectivity index (χ4n) is 4.49. The molecule has 4 heterocycles. The Balaban J connectivity index is 1.51. The number of ether oxygens (including phenoxy) is 1. The molecule has 0 saturated carbocycles. The molecule has 1 aromatic carbocycles. The normalized spacial score (nSPS) is 15.9. The quantitative estimate of drug-likeness (QED) is 0.376. The van der Waals surface area contributed by atoms with E-state index >= 15 is 0 Å². The summed E-state index contributed by atoms with van der Waals surface area (Å²) >= 11 is 6.78. The van der Waals surface area contributed by atoms with Gasteiger partial charge < -0.3 is 9.30 Å². The van der Waals surface area contributed by atoms with Crippen LogP contribution < -0.4 is 4.74 Å². The van der Waals surface area contributed by atoms with Crippen molar-refractivity contribution < 1.29 is 4.74 Å². The Morgan fingerprint density at radius 2 is 1.94 bits per heavy atom. The van der Waals surface area contributed by atoms with E-state index in [1.165, 1.54) is 5.56 Å². The minimum atomic E-state index is 0.0498. The molecule has 7 nitrogen and oxygen atoms in total. The minimum absolute atomic E-state index is 0.0498. The zero-order valence-corrected chi connectivity index (χ0v) is 21.0. The minimum Gasteiger partial charge on any atom is -0.479 e. The van der Waals surface area contributed by atoms with Crippen molar-refractivity contribution in [2.75, 3.05) is 7.11 Å². The monoisotopic (exact) mass is 476 g/mol. The Kier molecular flexibility index (Phi) is 5.68. The second kappa shape index (κ2) is 8.55. The van der Waals surface area contributed by atoms with Gasteiger partial charge in [-0.3, -0.25) is 0 Å². The third-order valence-corrected chi connectivity index (χ3v) is 6.70. The Hall–Kier alpha value is -3.19. The van der Waals surface area contributed by atoms with Gasteiger partial charge in [0.2, 0.25) is 5.88 Å². The smallest absolute Gasteiger partial charge is 0.238 e. The number of halogens is 1. The second-order valence-corrected chi connectivity index (χ2v) is 10.3. The predicted octanol–water partition coefficient (Wildman–Crippen LogP) is 5.72. The number of hydrogen-bond acceptors (Lipinski definition) is 5. The fraction of sp³-hybridized carbons (Fsp3) is 0.385. The molecule has 3 aromatic heterocycles. The summed E-state index contributed by atoms with van der Waals surface area (Å²) in [5.41, 5.74) is 4.80. The van der Waals surface area contributed by atoms with Crippen LogP contribution in [0.5, 0.6) is 5.88 Å². The average Bonchev–Trinajstić information content (AvgIpc) is 3.44. The number of fused-ring (bicyclic) bond motifs is 1. The van der Waals surface area contributed by atoms with Crippen molar-refractivity contribution in [2.24, 2.45) is 0 Å². The zero-order chi connectivity index (χ0) is 24.0. The summed E-state index contributed by atoms with van der Waals surface area (Å²) in [5, 5.41) is 5.58. The van der Waals surface area contributed by atoms with Crippen molar-refractivity contribution in [2.45, 2.75) is 58.4 Å². The van der Waals surface area contributed by atoms with Crippen LogP contribution in [0, 0.1) is 6.92 Å². The van der Waals surface area contributed by atoms with E-state index in [1.54, 1.807) is 13.4 Å². The number of aryl methyl sites for hydroxylation is 2. The van der Waals surface area contributed by atoms with E-state index in [-0.39, 0.29) is 11.3 Å². The van der Waals surface area contributed by atoms with E-state index in [2.05, 4.69) is 44.0 Å². The van der Waals surface area contributed by atoms with Crippen LogP contribution in [-0.2, 0) is 12.0 Å². The summed E-state index contributed by atoms with van der Waals surface area (Å²) < 4.78 is 9.48. The lowest BCUT2D eigenvalue weighted by Crippen LogP contribution is -2.19. The summed E-state index contributed by atoms with van der Waals surface area (Å²) in [4.78, 5) is 13.9. The Labute approximate surface area is 204 Å². The van der Waals surface area contributed by atoms with Gasteiger partial charge in [0.05, 0.1) is 19.1 Å². The van der Waals surface area contributed by atoms with Gasteiger partial charge in [0, 0.05) is 23.7 Å². The molecule has 0 fully saturated rings. The van der Waals surface area contributed by atoms with Crippen molar-refractivity contribution >= 4 is 11.6 Å². The summed E-state index contributed by atoms with van der Waals surface area (Å²) in [6.45, 7) is 9.37. The van der Waals surface area contributed by atoms with Crippen molar-refractivity contribution in [1.82, 2.24) is 29.3 Å². The van der Waals surface area contributed by atoms with Gasteiger partial charge in [-0.2, -0.15) is 0 Å². The van der Waals surface area contributed by atoms with Crippen LogP contribution in [-0.4, -0.2) is 36.4 Å². The number of pyridine rings is 1. The van der Waals surface area contributed by atoms with Gasteiger partial charge in [-0.1, -0.05) is 44.5 Å². The van der Waals surface area contributed by atoms with Gasteiger partial charge in [0.25, 0.3) is 0 Å². The highest BCUT2D eigenvalue weighted by Gasteiger charge is 2.29. The van der Waals surface area contributed by atoms with Crippen LogP contribution in [0.25, 0.3) is 17.2 Å². The van der Waals surface area contributed by atoms with Crippen LogP contribution in [0.3, 0.4) is 0 Å². The van der Waals surface area contributed by atoms with E-state index in [0.717, 1.165) is 47.2 Å². The third-order valence-electron chi connectivity index (χ3n) is 6.37. The molecular formula is C26H29ClN6O. The number of hydrogen-bond donors (Lipinski definition) is 0. The Morgan fingerprint density at radius 1 is 1.12 bits per heavy atom. The number of methoxy groups -OCH3 is 1. The number of nitrogens with zero attached hydrogens (tertiary/aromatic N) is 6. The van der Waals surface area contributed by atoms with Crippen LogP contribution >= 0.6 is 11.6 Å². The van der Waals surface area contributed by atoms with Crippen molar-refractivity contribution in [3.8, 4) is 23.1 Å². The molecule has 176 valence electrons. The number of benzene rings is 1. The van der Waals surface area contributed by atoms with Crippen LogP contribution in [0.2, 0.25) is 5.02 Å². The molecule has 4 aromatic rings. The lowest BCUT2D eigenvalue weighted by molar-refractivity contribution is 0.396. The first-order valence-electron chi connectivity index (χ1n) is 11.6. The molecule has 1 atom stereocenters. The molecule has 8 heteroatoms. The van der Waals surface area contributed by atoms with Gasteiger partial charge in [-0.25, -0.2) is 19.6 Å². The van der Waals surface area contributed by atoms with E-state index in [0.29, 0.717) is 17.4 Å². The van der Waals surface area contributed by atoms with Crippen molar-refractivity contribution in [1.29, 1.82) is 0 Å². The first kappa shape index (κ1) is 22.6. The standard InChI is InChI=1S/C26H29ClN6O/c1-16-14-32(15-28-16)22-11-10-21(29-25(22)34-5)23-30-24-19(7-6-12-33(24)31-23)18-9-8-17(13-20(18)27)26(2,3)4/h8-11,13-15,19H,6-7,12H2,1-5H3/t19-/m0/s1. The first-order valence-corrected chi connectivity index (χ1v) is 11.9. The molecule has 0 bridgehead atoms. The first-order chi connectivity index (χ1) is 16.2. The van der Waals surface area contributed by atoms with E-state index in [4.69, 9.17) is 31.4 Å². The van der Waals surface area contributed by atoms with Gasteiger partial charge >= 0.3 is 0 Å². The molecule has 0 N–H and O–H groups in total. The topological polar surface area (TPSA) is 70.7 Å². The summed E-state index contributed by atoms with van der Waals surface area (Å²) in [5.74, 6) is 2.13. The molecule has 5 rings (SSSR count). The average molecular weight is 477 g/mol.